The Bertz CT molecular complexity index is 1250. The number of nitrogens with one attached hydrogen (secondary N) is 2. The number of fused-ring (bicyclic) bond motifs is 5. The molecule has 4 aliphatic rings. The van der Waals surface area contributed by atoms with Crippen LogP contribution < -0.4 is 15.4 Å². The lowest BCUT2D eigenvalue weighted by atomic mass is 9.47. The van der Waals surface area contributed by atoms with Crippen molar-refractivity contribution in [2.75, 3.05) is 13.1 Å². The highest BCUT2D eigenvalue weighted by Gasteiger charge is 2.59. The summed E-state index contributed by atoms with van der Waals surface area (Å²) in [6, 6.07) is 8.65. The number of ether oxygens (including phenoxy) is 2. The number of amides is 2. The first-order valence-electron chi connectivity index (χ1n) is 18.2. The first-order valence-corrected chi connectivity index (χ1v) is 18.2. The Morgan fingerprint density at radius 3 is 2.43 bits per heavy atom. The highest BCUT2D eigenvalue weighted by molar-refractivity contribution is 5.95. The van der Waals surface area contributed by atoms with Crippen molar-refractivity contribution in [2.45, 2.75) is 118 Å². The molecule has 254 valence electrons. The van der Waals surface area contributed by atoms with Crippen molar-refractivity contribution in [1.82, 2.24) is 10.6 Å². The van der Waals surface area contributed by atoms with Gasteiger partial charge < -0.3 is 20.1 Å². The van der Waals surface area contributed by atoms with Gasteiger partial charge in [-0.1, -0.05) is 83.7 Å². The summed E-state index contributed by atoms with van der Waals surface area (Å²) in [6.45, 7) is 12.8. The summed E-state index contributed by atoms with van der Waals surface area (Å²) in [5.41, 5.74) is 2.21. The van der Waals surface area contributed by atoms with E-state index >= 15 is 0 Å². The normalized spacial score (nSPS) is 32.3. The van der Waals surface area contributed by atoms with Crippen LogP contribution in [0.2, 0.25) is 0 Å². The van der Waals surface area contributed by atoms with Crippen LogP contribution in [0.4, 0.5) is 4.79 Å². The van der Waals surface area contributed by atoms with Crippen molar-refractivity contribution >= 4 is 18.0 Å². The minimum Gasteiger partial charge on any atom is -0.446 e. The van der Waals surface area contributed by atoms with Gasteiger partial charge in [0.15, 0.2) is 0 Å². The quantitative estimate of drug-likeness (QED) is 0.0794. The molecule has 8 atom stereocenters. The fraction of sp³-hybridized carbons (Fsp3) is 0.718. The zero-order valence-electron chi connectivity index (χ0n) is 28.9. The average molecular weight is 635 g/mol. The SMILES string of the molecule is CC(C)CCC[C@@H](C)[C@H]1CC[C@H]2[C@@H]3CC=C4CC(OC(=O)NCCNC(=O)CC(=O)Oc5ccccc5)CC[C@]4(C)[C@H]3CC[C@]12C. The number of carbonyl (C=O) groups excluding carboxylic acids is 3. The molecule has 7 heteroatoms. The molecule has 2 amide bonds. The molecule has 0 radical (unpaired) electrons. The molecule has 3 saturated carbocycles. The summed E-state index contributed by atoms with van der Waals surface area (Å²) in [6.07, 6.45) is 15.2. The van der Waals surface area contributed by atoms with Crippen LogP contribution in [0.5, 0.6) is 5.75 Å². The summed E-state index contributed by atoms with van der Waals surface area (Å²) in [5.74, 6) is 4.20. The second-order valence-electron chi connectivity index (χ2n) is 15.8. The molecule has 1 aromatic rings. The molecule has 7 nitrogen and oxygen atoms in total. The fourth-order valence-electron chi connectivity index (χ4n) is 10.2. The van der Waals surface area contributed by atoms with E-state index in [0.717, 1.165) is 54.8 Å². The van der Waals surface area contributed by atoms with Gasteiger partial charge in [-0.05, 0) is 103 Å². The van der Waals surface area contributed by atoms with E-state index in [0.29, 0.717) is 11.2 Å². The third-order valence-corrected chi connectivity index (χ3v) is 12.5. The van der Waals surface area contributed by atoms with E-state index in [-0.39, 0.29) is 31.0 Å². The molecule has 0 saturated heterocycles. The zero-order chi connectivity index (χ0) is 32.9. The van der Waals surface area contributed by atoms with Crippen LogP contribution in [-0.2, 0) is 14.3 Å². The number of hydrogen-bond donors (Lipinski definition) is 2. The van der Waals surface area contributed by atoms with Gasteiger partial charge in [0.25, 0.3) is 0 Å². The van der Waals surface area contributed by atoms with Crippen LogP contribution in [-0.4, -0.2) is 37.2 Å². The summed E-state index contributed by atoms with van der Waals surface area (Å²) in [7, 11) is 0. The van der Waals surface area contributed by atoms with Gasteiger partial charge in [0.1, 0.15) is 18.3 Å². The smallest absolute Gasteiger partial charge is 0.407 e. The summed E-state index contributed by atoms with van der Waals surface area (Å²) >= 11 is 0. The minimum atomic E-state index is -0.625. The Morgan fingerprint density at radius 1 is 0.913 bits per heavy atom. The highest BCUT2D eigenvalue weighted by Crippen LogP contribution is 2.67. The maximum atomic E-state index is 12.6. The minimum absolute atomic E-state index is 0.116. The van der Waals surface area contributed by atoms with Gasteiger partial charge in [-0.25, -0.2) is 4.79 Å². The van der Waals surface area contributed by atoms with E-state index in [2.05, 4.69) is 51.3 Å². The van der Waals surface area contributed by atoms with Gasteiger partial charge in [0, 0.05) is 19.5 Å². The lowest BCUT2D eigenvalue weighted by molar-refractivity contribution is -0.138. The zero-order valence-corrected chi connectivity index (χ0v) is 28.9. The molecule has 46 heavy (non-hydrogen) atoms. The summed E-state index contributed by atoms with van der Waals surface area (Å²) in [4.78, 5) is 36.7. The van der Waals surface area contributed by atoms with E-state index in [1.54, 1.807) is 24.3 Å². The molecule has 0 bridgehead atoms. The molecule has 1 aromatic carbocycles. The molecular weight excluding hydrogens is 576 g/mol. The molecule has 5 rings (SSSR count). The van der Waals surface area contributed by atoms with E-state index < -0.39 is 18.0 Å². The van der Waals surface area contributed by atoms with Gasteiger partial charge in [0.2, 0.25) is 5.91 Å². The molecule has 1 unspecified atom stereocenters. The number of para-hydroxylation sites is 1. The molecule has 0 heterocycles. The van der Waals surface area contributed by atoms with E-state index in [4.69, 9.17) is 9.47 Å². The second kappa shape index (κ2) is 14.9. The maximum absolute atomic E-state index is 12.6. The van der Waals surface area contributed by atoms with Crippen molar-refractivity contribution in [1.29, 1.82) is 0 Å². The topological polar surface area (TPSA) is 93.7 Å². The number of carbonyl (C=O) groups is 3. The van der Waals surface area contributed by atoms with Crippen LogP contribution >= 0.6 is 0 Å². The van der Waals surface area contributed by atoms with Crippen molar-refractivity contribution in [3.8, 4) is 5.75 Å². The predicted molar refractivity (Wildman–Crippen MR) is 181 cm³/mol. The predicted octanol–water partition coefficient (Wildman–Crippen LogP) is 8.23. The molecule has 2 N–H and O–H groups in total. The Balaban J connectivity index is 1.05. The monoisotopic (exact) mass is 634 g/mol. The molecule has 0 aromatic heterocycles. The molecule has 0 aliphatic heterocycles. The summed E-state index contributed by atoms with van der Waals surface area (Å²) < 4.78 is 11.0. The van der Waals surface area contributed by atoms with E-state index in [1.807, 2.05) is 6.07 Å². The Labute approximate surface area is 277 Å². The lowest BCUT2D eigenvalue weighted by Gasteiger charge is -2.58. The average Bonchev–Trinajstić information content (AvgIpc) is 3.37. The van der Waals surface area contributed by atoms with Gasteiger partial charge in [0.05, 0.1) is 0 Å². The maximum Gasteiger partial charge on any atom is 0.407 e. The first-order chi connectivity index (χ1) is 22.0. The molecule has 4 aliphatic carbocycles. The van der Waals surface area contributed by atoms with E-state index in [1.165, 1.54) is 56.9 Å². The molecular formula is C39H58N2O5. The van der Waals surface area contributed by atoms with Crippen LogP contribution in [0.25, 0.3) is 0 Å². The number of rotatable bonds is 12. The Morgan fingerprint density at radius 2 is 1.67 bits per heavy atom. The van der Waals surface area contributed by atoms with E-state index in [9.17, 15) is 14.4 Å². The number of alkyl carbamates (subject to hydrolysis) is 1. The third-order valence-electron chi connectivity index (χ3n) is 12.5. The third kappa shape index (κ3) is 7.82. The number of allylic oxidation sites excluding steroid dienone is 1. The molecule has 0 spiro atoms. The number of hydrogen-bond acceptors (Lipinski definition) is 5. The van der Waals surface area contributed by atoms with Gasteiger partial charge >= 0.3 is 12.1 Å². The Kier molecular flexibility index (Phi) is 11.2. The largest absolute Gasteiger partial charge is 0.446 e. The first kappa shape index (κ1) is 34.5. The van der Waals surface area contributed by atoms with Crippen molar-refractivity contribution in [3.05, 3.63) is 42.0 Å². The number of esters is 1. The van der Waals surface area contributed by atoms with Crippen LogP contribution in [0, 0.1) is 46.3 Å². The van der Waals surface area contributed by atoms with Crippen LogP contribution in [0.1, 0.15) is 112 Å². The number of benzene rings is 1. The molecule has 3 fully saturated rings. The van der Waals surface area contributed by atoms with Crippen molar-refractivity contribution in [2.24, 2.45) is 46.3 Å². The van der Waals surface area contributed by atoms with Crippen LogP contribution in [0.3, 0.4) is 0 Å². The van der Waals surface area contributed by atoms with Crippen molar-refractivity contribution < 1.29 is 23.9 Å². The van der Waals surface area contributed by atoms with Gasteiger partial charge in [-0.15, -0.1) is 0 Å². The Hall–Kier alpha value is -2.83. The standard InChI is InChI=1S/C39H58N2O5/c1-26(2)10-9-11-27(3)32-16-17-33-31-15-14-28-24-30(18-20-38(28,4)34(31)19-21-39(32,33)5)46-37(44)41-23-22-40-35(42)25-36(43)45-29-12-7-6-8-13-29/h6-8,12-14,26-27,30-34H,9-11,15-25H2,1-5H3,(H,40,42)(H,41,44)/t27-,30?,31+,32-,33+,34+,38+,39-/m1/s1. The fourth-order valence-corrected chi connectivity index (χ4v) is 10.2. The summed E-state index contributed by atoms with van der Waals surface area (Å²) in [5, 5.41) is 5.40. The van der Waals surface area contributed by atoms with Gasteiger partial charge in [-0.2, -0.15) is 0 Å². The highest BCUT2D eigenvalue weighted by atomic mass is 16.6. The lowest BCUT2D eigenvalue weighted by Crippen LogP contribution is -2.51. The van der Waals surface area contributed by atoms with Gasteiger partial charge in [-0.3, -0.25) is 9.59 Å². The van der Waals surface area contributed by atoms with Crippen LogP contribution in [0.15, 0.2) is 42.0 Å². The second-order valence-corrected chi connectivity index (χ2v) is 15.8. The van der Waals surface area contributed by atoms with Crippen molar-refractivity contribution in [3.63, 3.8) is 0 Å².